The summed E-state index contributed by atoms with van der Waals surface area (Å²) in [7, 11) is 0. The number of nitrogens with zero attached hydrogens (tertiary/aromatic N) is 4. The summed E-state index contributed by atoms with van der Waals surface area (Å²) in [4.78, 5) is 26.1. The number of aromatic nitrogens is 4. The lowest BCUT2D eigenvalue weighted by Crippen LogP contribution is -2.31. The third-order valence-corrected chi connectivity index (χ3v) is 5.16. The molecule has 0 unspecified atom stereocenters. The maximum Gasteiger partial charge on any atom is 0.252 e. The normalized spacial score (nSPS) is 11.8. The summed E-state index contributed by atoms with van der Waals surface area (Å²) in [5.74, 6) is 0.890. The van der Waals surface area contributed by atoms with E-state index in [2.05, 4.69) is 46.7 Å². The minimum atomic E-state index is -0.252. The Morgan fingerprint density at radius 1 is 1.03 bits per heavy atom. The fourth-order valence-electron chi connectivity index (χ4n) is 3.82. The molecule has 0 aliphatic carbocycles. The van der Waals surface area contributed by atoms with Crippen molar-refractivity contribution in [1.29, 1.82) is 0 Å². The van der Waals surface area contributed by atoms with Crippen LogP contribution in [0.15, 0.2) is 54.9 Å². The maximum atomic E-state index is 12.9. The Morgan fingerprint density at radius 3 is 2.38 bits per heavy atom. The van der Waals surface area contributed by atoms with E-state index in [1.165, 1.54) is 0 Å². The Hall–Kier alpha value is -3.74. The Kier molecular flexibility index (Phi) is 5.42. The summed E-state index contributed by atoms with van der Waals surface area (Å²) in [6.45, 7) is 10.3. The summed E-state index contributed by atoms with van der Waals surface area (Å²) in [6, 6.07) is 13.8. The molecule has 3 N–H and O–H groups in total. The lowest BCUT2D eigenvalue weighted by Gasteiger charge is -2.25. The summed E-state index contributed by atoms with van der Waals surface area (Å²) in [5, 5.41) is 3.00. The smallest absolute Gasteiger partial charge is 0.252 e. The van der Waals surface area contributed by atoms with Crippen molar-refractivity contribution >= 4 is 22.9 Å². The number of hydrogen-bond donors (Lipinski definition) is 2. The number of hydrogen-bond acceptors (Lipinski definition) is 5. The minimum absolute atomic E-state index is 0.0432. The van der Waals surface area contributed by atoms with E-state index in [0.717, 1.165) is 33.5 Å². The number of carbonyl (C=O) groups excluding carboxylic acids is 1. The van der Waals surface area contributed by atoms with Gasteiger partial charge in [0.2, 0.25) is 5.95 Å². The molecule has 2 aromatic heterocycles. The van der Waals surface area contributed by atoms with Gasteiger partial charge in [0.05, 0.1) is 16.6 Å². The van der Waals surface area contributed by atoms with Crippen molar-refractivity contribution in [1.82, 2.24) is 24.8 Å². The fourth-order valence-corrected chi connectivity index (χ4v) is 3.82. The highest BCUT2D eigenvalue weighted by atomic mass is 16.1. The van der Waals surface area contributed by atoms with E-state index in [1.807, 2.05) is 50.2 Å². The molecule has 0 fully saturated rings. The van der Waals surface area contributed by atoms with Crippen LogP contribution in [0.1, 0.15) is 45.0 Å². The highest BCUT2D eigenvalue weighted by Gasteiger charge is 2.25. The first-order valence-electron chi connectivity index (χ1n) is 10.7. The lowest BCUT2D eigenvalue weighted by atomic mass is 10.0. The van der Waals surface area contributed by atoms with Crippen molar-refractivity contribution in [2.45, 2.75) is 46.2 Å². The van der Waals surface area contributed by atoms with E-state index < -0.39 is 0 Å². The predicted octanol–water partition coefficient (Wildman–Crippen LogP) is 4.64. The fraction of sp³-hybridized carbons (Fsp3) is 0.280. The number of rotatable bonds is 4. The van der Waals surface area contributed by atoms with Gasteiger partial charge < -0.3 is 15.6 Å². The molecule has 0 saturated heterocycles. The number of fused-ring (bicyclic) bond motifs is 1. The number of benzene rings is 2. The highest BCUT2D eigenvalue weighted by Crippen LogP contribution is 2.34. The van der Waals surface area contributed by atoms with Crippen molar-refractivity contribution in [2.75, 3.05) is 5.73 Å². The standard InChI is InChI=1S/C25H28N6O/c1-15(2)29-23(32)19-9-7-6-8-18(19)22-30-20-12-16(17-13-27-24(26)28-14-17)10-11-21(20)31(22)25(3,4)5/h6-15H,1-5H3,(H,29,32)(H2,26,27,28). The van der Waals surface area contributed by atoms with Gasteiger partial charge in [0.15, 0.2) is 0 Å². The van der Waals surface area contributed by atoms with Crippen LogP contribution < -0.4 is 11.1 Å². The van der Waals surface area contributed by atoms with E-state index in [0.29, 0.717) is 5.56 Å². The Balaban J connectivity index is 1.92. The van der Waals surface area contributed by atoms with Gasteiger partial charge in [0, 0.05) is 35.1 Å². The zero-order chi connectivity index (χ0) is 23.0. The van der Waals surface area contributed by atoms with Gasteiger partial charge >= 0.3 is 0 Å². The second kappa shape index (κ2) is 8.07. The molecular weight excluding hydrogens is 400 g/mol. The molecule has 2 aromatic carbocycles. The van der Waals surface area contributed by atoms with Crippen molar-refractivity contribution in [3.63, 3.8) is 0 Å². The van der Waals surface area contributed by atoms with E-state index >= 15 is 0 Å². The van der Waals surface area contributed by atoms with Gasteiger partial charge in [-0.25, -0.2) is 15.0 Å². The van der Waals surface area contributed by atoms with Crippen LogP contribution in [0.4, 0.5) is 5.95 Å². The number of amides is 1. The van der Waals surface area contributed by atoms with Gasteiger partial charge in [-0.2, -0.15) is 0 Å². The first-order valence-corrected chi connectivity index (χ1v) is 10.7. The third kappa shape index (κ3) is 4.06. The average Bonchev–Trinajstić information content (AvgIpc) is 3.13. The van der Waals surface area contributed by atoms with Gasteiger partial charge in [0.25, 0.3) is 5.91 Å². The molecule has 32 heavy (non-hydrogen) atoms. The number of carbonyl (C=O) groups is 1. The molecule has 1 amide bonds. The van der Waals surface area contributed by atoms with Gasteiger partial charge in [0.1, 0.15) is 5.82 Å². The van der Waals surface area contributed by atoms with E-state index in [-0.39, 0.29) is 23.4 Å². The topological polar surface area (TPSA) is 98.7 Å². The number of anilines is 1. The Morgan fingerprint density at radius 2 is 1.72 bits per heavy atom. The molecule has 0 aliphatic heterocycles. The molecule has 0 spiro atoms. The van der Waals surface area contributed by atoms with Gasteiger partial charge in [-0.1, -0.05) is 24.3 Å². The van der Waals surface area contributed by atoms with Crippen LogP contribution in [0.2, 0.25) is 0 Å². The molecule has 7 nitrogen and oxygen atoms in total. The average molecular weight is 429 g/mol. The van der Waals surface area contributed by atoms with Gasteiger partial charge in [-0.15, -0.1) is 0 Å². The quantitative estimate of drug-likeness (QED) is 0.493. The summed E-state index contributed by atoms with van der Waals surface area (Å²) in [6.07, 6.45) is 3.41. The van der Waals surface area contributed by atoms with E-state index in [4.69, 9.17) is 10.7 Å². The maximum absolute atomic E-state index is 12.9. The molecule has 4 aromatic rings. The van der Waals surface area contributed by atoms with Crippen molar-refractivity contribution in [2.24, 2.45) is 0 Å². The first-order chi connectivity index (χ1) is 15.1. The monoisotopic (exact) mass is 428 g/mol. The van der Waals surface area contributed by atoms with Crippen LogP contribution in [0.3, 0.4) is 0 Å². The molecule has 2 heterocycles. The van der Waals surface area contributed by atoms with Gasteiger partial charge in [-0.3, -0.25) is 4.79 Å². The molecular formula is C25H28N6O. The summed E-state index contributed by atoms with van der Waals surface area (Å²) < 4.78 is 2.19. The Labute approximate surface area is 187 Å². The molecule has 4 rings (SSSR count). The number of nitrogens with two attached hydrogens (primary N) is 1. The molecule has 164 valence electrons. The van der Waals surface area contributed by atoms with Crippen LogP contribution in [-0.4, -0.2) is 31.5 Å². The zero-order valence-electron chi connectivity index (χ0n) is 19.0. The zero-order valence-corrected chi connectivity index (χ0v) is 19.0. The van der Waals surface area contributed by atoms with Crippen LogP contribution in [-0.2, 0) is 5.54 Å². The van der Waals surface area contributed by atoms with Crippen LogP contribution in [0.5, 0.6) is 0 Å². The first kappa shape index (κ1) is 21.5. The largest absolute Gasteiger partial charge is 0.368 e. The van der Waals surface area contributed by atoms with Crippen molar-refractivity contribution in [3.8, 4) is 22.5 Å². The number of imidazole rings is 1. The molecule has 0 radical (unpaired) electrons. The van der Waals surface area contributed by atoms with Crippen LogP contribution in [0.25, 0.3) is 33.5 Å². The van der Waals surface area contributed by atoms with Crippen LogP contribution >= 0.6 is 0 Å². The van der Waals surface area contributed by atoms with E-state index in [9.17, 15) is 4.79 Å². The number of nitrogen functional groups attached to an aromatic ring is 1. The summed E-state index contributed by atoms with van der Waals surface area (Å²) in [5.41, 5.74) is 10.4. The SMILES string of the molecule is CC(C)NC(=O)c1ccccc1-c1nc2cc(-c3cnc(N)nc3)ccc2n1C(C)(C)C. The molecule has 7 heteroatoms. The molecule has 0 aliphatic rings. The van der Waals surface area contributed by atoms with Gasteiger partial charge in [-0.05, 0) is 58.4 Å². The number of nitrogens with one attached hydrogen (secondary N) is 1. The second-order valence-electron chi connectivity index (χ2n) is 9.15. The highest BCUT2D eigenvalue weighted by molar-refractivity contribution is 6.01. The van der Waals surface area contributed by atoms with Crippen molar-refractivity contribution < 1.29 is 4.79 Å². The molecule has 0 atom stereocenters. The van der Waals surface area contributed by atoms with E-state index in [1.54, 1.807) is 12.4 Å². The predicted molar refractivity (Wildman–Crippen MR) is 128 cm³/mol. The van der Waals surface area contributed by atoms with Crippen LogP contribution in [0, 0.1) is 0 Å². The minimum Gasteiger partial charge on any atom is -0.368 e. The lowest BCUT2D eigenvalue weighted by molar-refractivity contribution is 0.0943. The van der Waals surface area contributed by atoms with Crippen molar-refractivity contribution in [3.05, 3.63) is 60.4 Å². The summed E-state index contributed by atoms with van der Waals surface area (Å²) >= 11 is 0. The third-order valence-electron chi connectivity index (χ3n) is 5.16. The molecule has 0 bridgehead atoms. The second-order valence-corrected chi connectivity index (χ2v) is 9.15. The molecule has 0 saturated carbocycles. The Bertz CT molecular complexity index is 1280.